The van der Waals surface area contributed by atoms with Crippen LogP contribution in [-0.2, 0) is 11.2 Å². The summed E-state index contributed by atoms with van der Waals surface area (Å²) in [6.45, 7) is 0. The van der Waals surface area contributed by atoms with E-state index in [0.29, 0.717) is 39.0 Å². The number of anilines is 1. The number of carbonyl (C=O) groups excluding carboxylic acids is 2. The van der Waals surface area contributed by atoms with Gasteiger partial charge in [0, 0.05) is 33.8 Å². The number of benzodiazepines with no additional fused rings is 1. The highest BCUT2D eigenvalue weighted by Crippen LogP contribution is 2.28. The molecule has 7 nitrogen and oxygen atoms in total. The molecule has 0 saturated carbocycles. The van der Waals surface area contributed by atoms with Crippen molar-refractivity contribution in [3.63, 3.8) is 0 Å². The Balaban J connectivity index is 1.83. The fourth-order valence-corrected chi connectivity index (χ4v) is 3.51. The van der Waals surface area contributed by atoms with E-state index in [-0.39, 0.29) is 5.91 Å². The van der Waals surface area contributed by atoms with Crippen molar-refractivity contribution in [3.05, 3.63) is 81.6 Å². The lowest BCUT2D eigenvalue weighted by Gasteiger charge is -2.12. The first-order valence-electron chi connectivity index (χ1n) is 8.69. The van der Waals surface area contributed by atoms with E-state index in [4.69, 9.17) is 33.9 Å². The molecule has 4 rings (SSSR count). The molecule has 1 atom stereocenters. The second-order valence-electron chi connectivity index (χ2n) is 6.48. The van der Waals surface area contributed by atoms with Gasteiger partial charge in [-0.25, -0.2) is 4.79 Å². The Morgan fingerprint density at radius 3 is 2.72 bits per heavy atom. The minimum absolute atomic E-state index is 0.272. The minimum atomic E-state index is -0.743. The number of carbonyl (C=O) groups is 2. The number of aliphatic imine (C=N–C) groups is 1. The largest absolute Gasteiger partial charge is 0.350 e. The van der Waals surface area contributed by atoms with Crippen molar-refractivity contribution < 1.29 is 9.59 Å². The molecular formula is C20H15Cl2N5O2. The van der Waals surface area contributed by atoms with E-state index < -0.39 is 12.1 Å². The number of rotatable bonds is 3. The first-order chi connectivity index (χ1) is 13.9. The van der Waals surface area contributed by atoms with Crippen LogP contribution in [-0.4, -0.2) is 33.5 Å². The number of fused-ring (bicyclic) bond motifs is 1. The van der Waals surface area contributed by atoms with Crippen molar-refractivity contribution in [1.82, 2.24) is 9.78 Å². The van der Waals surface area contributed by atoms with Crippen molar-refractivity contribution in [2.45, 2.75) is 12.5 Å². The van der Waals surface area contributed by atoms with Crippen LogP contribution < -0.4 is 11.1 Å². The molecule has 0 fully saturated rings. The summed E-state index contributed by atoms with van der Waals surface area (Å²) >= 11 is 12.5. The number of nitrogens with one attached hydrogen (secondary N) is 1. The molecule has 2 amide bonds. The zero-order chi connectivity index (χ0) is 20.5. The molecule has 0 radical (unpaired) electrons. The van der Waals surface area contributed by atoms with Crippen LogP contribution in [0.3, 0.4) is 0 Å². The van der Waals surface area contributed by atoms with Crippen LogP contribution in [0.4, 0.5) is 10.5 Å². The normalized spacial score (nSPS) is 15.9. The minimum Gasteiger partial charge on any atom is -0.350 e. The highest BCUT2D eigenvalue weighted by Gasteiger charge is 2.27. The quantitative estimate of drug-likeness (QED) is 0.667. The zero-order valence-electron chi connectivity index (χ0n) is 15.0. The van der Waals surface area contributed by atoms with Gasteiger partial charge in [-0.1, -0.05) is 41.4 Å². The summed E-state index contributed by atoms with van der Waals surface area (Å²) in [7, 11) is 0. The Bertz CT molecular complexity index is 1160. The van der Waals surface area contributed by atoms with Gasteiger partial charge in [0.05, 0.1) is 17.6 Å². The van der Waals surface area contributed by atoms with Crippen LogP contribution in [0, 0.1) is 0 Å². The monoisotopic (exact) mass is 427 g/mol. The van der Waals surface area contributed by atoms with E-state index in [1.54, 1.807) is 24.3 Å². The van der Waals surface area contributed by atoms with E-state index in [9.17, 15) is 9.59 Å². The van der Waals surface area contributed by atoms with Crippen molar-refractivity contribution >= 4 is 46.5 Å². The maximum Gasteiger partial charge on any atom is 0.339 e. The van der Waals surface area contributed by atoms with Gasteiger partial charge in [0.15, 0.2) is 0 Å². The van der Waals surface area contributed by atoms with Gasteiger partial charge in [0.2, 0.25) is 5.91 Å². The lowest BCUT2D eigenvalue weighted by molar-refractivity contribution is -0.117. The van der Waals surface area contributed by atoms with E-state index >= 15 is 0 Å². The van der Waals surface area contributed by atoms with E-state index in [1.807, 2.05) is 18.2 Å². The van der Waals surface area contributed by atoms with Crippen LogP contribution in [0.5, 0.6) is 0 Å². The highest BCUT2D eigenvalue weighted by molar-refractivity contribution is 6.32. The Hall–Kier alpha value is -3.16. The molecular weight excluding hydrogens is 413 g/mol. The standard InChI is InChI=1S/C20H15Cl2N5O2/c21-13-5-6-16-14(8-13)18(12-9-24-27(10-12)20(23)29)25-17(19(28)26-16)7-11-3-1-2-4-15(11)22/h1-6,8-10,17H,7H2,(H2,23,29)(H,26,28). The third-order valence-electron chi connectivity index (χ3n) is 4.54. The predicted octanol–water partition coefficient (Wildman–Crippen LogP) is 3.52. The molecule has 1 aliphatic rings. The van der Waals surface area contributed by atoms with E-state index in [2.05, 4.69) is 10.4 Å². The molecule has 3 aromatic rings. The van der Waals surface area contributed by atoms with Crippen molar-refractivity contribution in [2.24, 2.45) is 10.7 Å². The number of hydrogen-bond acceptors (Lipinski definition) is 4. The third kappa shape index (κ3) is 3.87. The smallest absolute Gasteiger partial charge is 0.339 e. The van der Waals surface area contributed by atoms with Gasteiger partial charge in [0.1, 0.15) is 6.04 Å². The molecule has 3 N–H and O–H groups in total. The van der Waals surface area contributed by atoms with E-state index in [1.165, 1.54) is 12.4 Å². The average Bonchev–Trinajstić information content (AvgIpc) is 3.13. The number of nitrogens with two attached hydrogens (primary N) is 1. The molecule has 146 valence electrons. The first kappa shape index (κ1) is 19.2. The number of halogens is 2. The molecule has 1 unspecified atom stereocenters. The molecule has 1 aliphatic heterocycles. The van der Waals surface area contributed by atoms with Gasteiger partial charge in [-0.2, -0.15) is 9.78 Å². The van der Waals surface area contributed by atoms with Crippen molar-refractivity contribution in [2.75, 3.05) is 5.32 Å². The van der Waals surface area contributed by atoms with Gasteiger partial charge < -0.3 is 11.1 Å². The predicted molar refractivity (Wildman–Crippen MR) is 112 cm³/mol. The number of amides is 2. The Morgan fingerprint density at radius 1 is 1.21 bits per heavy atom. The SMILES string of the molecule is NC(=O)n1cc(C2=NC(Cc3ccccc3Cl)C(=O)Nc3ccc(Cl)cc32)cn1. The molecule has 0 saturated heterocycles. The Kier molecular flexibility index (Phi) is 5.08. The third-order valence-corrected chi connectivity index (χ3v) is 5.14. The van der Waals surface area contributed by atoms with Gasteiger partial charge in [-0.15, -0.1) is 0 Å². The van der Waals surface area contributed by atoms with Crippen LogP contribution in [0.2, 0.25) is 10.0 Å². The number of primary amides is 1. The summed E-state index contributed by atoms with van der Waals surface area (Å²) in [5.74, 6) is -0.272. The van der Waals surface area contributed by atoms with Gasteiger partial charge in [-0.3, -0.25) is 9.79 Å². The number of aromatic nitrogens is 2. The van der Waals surface area contributed by atoms with Crippen LogP contribution in [0.15, 0.2) is 59.9 Å². The van der Waals surface area contributed by atoms with Crippen LogP contribution in [0.25, 0.3) is 0 Å². The number of hydrogen-bond donors (Lipinski definition) is 2. The zero-order valence-corrected chi connectivity index (χ0v) is 16.5. The van der Waals surface area contributed by atoms with Crippen molar-refractivity contribution in [3.8, 4) is 0 Å². The Morgan fingerprint density at radius 2 is 2.00 bits per heavy atom. The summed E-state index contributed by atoms with van der Waals surface area (Å²) in [6.07, 6.45) is 3.24. The van der Waals surface area contributed by atoms with Crippen molar-refractivity contribution in [1.29, 1.82) is 0 Å². The molecule has 0 bridgehead atoms. The number of nitrogens with zero attached hydrogens (tertiary/aromatic N) is 3. The average molecular weight is 428 g/mol. The summed E-state index contributed by atoms with van der Waals surface area (Å²) in [5, 5.41) is 7.90. The molecule has 0 spiro atoms. The maximum atomic E-state index is 12.9. The van der Waals surface area contributed by atoms with Crippen LogP contribution in [0.1, 0.15) is 16.7 Å². The lowest BCUT2D eigenvalue weighted by atomic mass is 10.0. The highest BCUT2D eigenvalue weighted by atomic mass is 35.5. The summed E-state index contributed by atoms with van der Waals surface area (Å²) < 4.78 is 1.01. The molecule has 2 heterocycles. The second-order valence-corrected chi connectivity index (χ2v) is 7.32. The Labute approximate surface area is 176 Å². The van der Waals surface area contributed by atoms with Gasteiger partial charge >= 0.3 is 6.03 Å². The fraction of sp³-hybridized carbons (Fsp3) is 0.100. The second kappa shape index (κ2) is 7.69. The summed E-state index contributed by atoms with van der Waals surface area (Å²) in [4.78, 5) is 29.0. The van der Waals surface area contributed by atoms with E-state index in [0.717, 1.165) is 10.2 Å². The summed E-state index contributed by atoms with van der Waals surface area (Å²) in [6, 6.07) is 10.9. The molecule has 9 heteroatoms. The molecule has 29 heavy (non-hydrogen) atoms. The van der Waals surface area contributed by atoms with Gasteiger partial charge in [0.25, 0.3) is 0 Å². The molecule has 1 aromatic heterocycles. The molecule has 0 aliphatic carbocycles. The van der Waals surface area contributed by atoms with Gasteiger partial charge in [-0.05, 0) is 29.8 Å². The maximum absolute atomic E-state index is 12.9. The molecule has 2 aromatic carbocycles. The first-order valence-corrected chi connectivity index (χ1v) is 9.45. The lowest BCUT2D eigenvalue weighted by Crippen LogP contribution is -2.27. The summed E-state index contributed by atoms with van der Waals surface area (Å²) in [5.41, 5.74) is 8.29. The van der Waals surface area contributed by atoms with Crippen LogP contribution >= 0.6 is 23.2 Å². The fourth-order valence-electron chi connectivity index (χ4n) is 3.13. The number of benzene rings is 2. The topological polar surface area (TPSA) is 102 Å².